The minimum absolute atomic E-state index is 0.0192. The predicted molar refractivity (Wildman–Crippen MR) is 63.3 cm³/mol. The van der Waals surface area contributed by atoms with Gasteiger partial charge in [-0.2, -0.15) is 0 Å². The Kier molecular flexibility index (Phi) is 3.38. The zero-order valence-electron chi connectivity index (χ0n) is 9.47. The molecule has 1 aliphatic heterocycles. The number of nitrogens with one attached hydrogen (secondary N) is 2. The lowest BCUT2D eigenvalue weighted by Crippen LogP contribution is -2.20. The summed E-state index contributed by atoms with van der Waals surface area (Å²) in [6.45, 7) is 1.32. The summed E-state index contributed by atoms with van der Waals surface area (Å²) in [4.78, 5) is 14.5. The van der Waals surface area contributed by atoms with E-state index >= 15 is 0 Å². The van der Waals surface area contributed by atoms with Crippen LogP contribution in [0.25, 0.3) is 0 Å². The van der Waals surface area contributed by atoms with Crippen LogP contribution >= 0.6 is 0 Å². The second-order valence-electron chi connectivity index (χ2n) is 3.81. The first kappa shape index (κ1) is 11.6. The van der Waals surface area contributed by atoms with E-state index in [1.165, 1.54) is 12.1 Å². The number of anilines is 2. The minimum Gasteiger partial charge on any atom is -0.379 e. The van der Waals surface area contributed by atoms with Gasteiger partial charge in [0.25, 0.3) is 5.69 Å². The first-order valence-electron chi connectivity index (χ1n) is 5.37. The predicted octanol–water partition coefficient (Wildman–Crippen LogP) is 1.23. The van der Waals surface area contributed by atoms with Gasteiger partial charge in [-0.1, -0.05) is 0 Å². The molecule has 0 bridgehead atoms. The summed E-state index contributed by atoms with van der Waals surface area (Å²) in [6, 6.07) is 3.00. The van der Waals surface area contributed by atoms with Gasteiger partial charge in [0, 0.05) is 13.7 Å². The van der Waals surface area contributed by atoms with E-state index in [2.05, 4.69) is 15.6 Å². The van der Waals surface area contributed by atoms with Crippen LogP contribution in [-0.2, 0) is 4.74 Å². The molecule has 0 amide bonds. The van der Waals surface area contributed by atoms with Crippen molar-refractivity contribution >= 4 is 17.3 Å². The molecular formula is C10H14N4O3. The number of ether oxygens (including phenoxy) is 1. The molecule has 17 heavy (non-hydrogen) atoms. The molecule has 2 heterocycles. The Bertz CT molecular complexity index is 418. The minimum atomic E-state index is -0.432. The molecule has 0 aliphatic carbocycles. The van der Waals surface area contributed by atoms with Gasteiger partial charge in [0.2, 0.25) is 0 Å². The van der Waals surface area contributed by atoms with E-state index in [1.54, 1.807) is 7.05 Å². The van der Waals surface area contributed by atoms with Crippen LogP contribution < -0.4 is 10.6 Å². The fourth-order valence-corrected chi connectivity index (χ4v) is 1.68. The summed E-state index contributed by atoms with van der Waals surface area (Å²) < 4.78 is 5.22. The molecule has 1 aliphatic rings. The highest BCUT2D eigenvalue weighted by molar-refractivity contribution is 5.54. The summed E-state index contributed by atoms with van der Waals surface area (Å²) in [6.07, 6.45) is 0.888. The Morgan fingerprint density at radius 2 is 2.29 bits per heavy atom. The summed E-state index contributed by atoms with van der Waals surface area (Å²) in [5.74, 6) is 0.972. The average molecular weight is 238 g/mol. The number of rotatable bonds is 4. The van der Waals surface area contributed by atoms with E-state index in [-0.39, 0.29) is 11.7 Å². The van der Waals surface area contributed by atoms with Gasteiger partial charge in [-0.05, 0) is 6.42 Å². The van der Waals surface area contributed by atoms with Crippen molar-refractivity contribution in [1.29, 1.82) is 0 Å². The highest BCUT2D eigenvalue weighted by Crippen LogP contribution is 2.21. The first-order valence-corrected chi connectivity index (χ1v) is 5.37. The molecule has 1 aromatic heterocycles. The number of nitro groups is 1. The lowest BCUT2D eigenvalue weighted by Gasteiger charge is -2.12. The topological polar surface area (TPSA) is 89.3 Å². The Balaban J connectivity index is 2.19. The molecule has 2 N–H and O–H groups in total. The maximum absolute atomic E-state index is 10.8. The molecule has 7 nitrogen and oxygen atoms in total. The Morgan fingerprint density at radius 1 is 1.53 bits per heavy atom. The number of aromatic nitrogens is 1. The largest absolute Gasteiger partial charge is 0.379 e. The van der Waals surface area contributed by atoms with E-state index < -0.39 is 4.92 Å². The molecule has 1 fully saturated rings. The molecule has 7 heteroatoms. The van der Waals surface area contributed by atoms with Crippen molar-refractivity contribution in [3.63, 3.8) is 0 Å². The van der Waals surface area contributed by atoms with Crippen molar-refractivity contribution in [2.75, 3.05) is 30.9 Å². The average Bonchev–Trinajstić information content (AvgIpc) is 2.81. The van der Waals surface area contributed by atoms with Gasteiger partial charge in [0.15, 0.2) is 0 Å². The van der Waals surface area contributed by atoms with E-state index in [0.29, 0.717) is 24.8 Å². The first-order chi connectivity index (χ1) is 8.19. The van der Waals surface area contributed by atoms with Gasteiger partial charge >= 0.3 is 0 Å². The van der Waals surface area contributed by atoms with Crippen LogP contribution in [0.4, 0.5) is 17.3 Å². The molecule has 0 saturated carbocycles. The molecule has 1 unspecified atom stereocenters. The van der Waals surface area contributed by atoms with Gasteiger partial charge in [-0.3, -0.25) is 10.1 Å². The van der Waals surface area contributed by atoms with E-state index in [1.807, 2.05) is 0 Å². The fraction of sp³-hybridized carbons (Fsp3) is 0.500. The fourth-order valence-electron chi connectivity index (χ4n) is 1.68. The third-order valence-electron chi connectivity index (χ3n) is 2.56. The van der Waals surface area contributed by atoms with Crippen molar-refractivity contribution in [3.8, 4) is 0 Å². The summed E-state index contributed by atoms with van der Waals surface area (Å²) in [5, 5.41) is 16.7. The second-order valence-corrected chi connectivity index (χ2v) is 3.81. The molecule has 0 radical (unpaired) electrons. The highest BCUT2D eigenvalue weighted by atomic mass is 16.6. The lowest BCUT2D eigenvalue weighted by atomic mass is 10.2. The van der Waals surface area contributed by atoms with Gasteiger partial charge in [0.1, 0.15) is 11.6 Å². The summed E-state index contributed by atoms with van der Waals surface area (Å²) in [7, 11) is 1.68. The van der Waals surface area contributed by atoms with Crippen LogP contribution in [0.5, 0.6) is 0 Å². The van der Waals surface area contributed by atoms with Crippen LogP contribution in [0.15, 0.2) is 12.1 Å². The molecule has 1 aromatic rings. The molecule has 0 aromatic carbocycles. The van der Waals surface area contributed by atoms with Crippen molar-refractivity contribution < 1.29 is 9.66 Å². The van der Waals surface area contributed by atoms with Crippen LogP contribution in [0.3, 0.4) is 0 Å². The number of hydrogen-bond donors (Lipinski definition) is 2. The third kappa shape index (κ3) is 2.82. The zero-order chi connectivity index (χ0) is 12.3. The molecule has 92 valence electrons. The third-order valence-corrected chi connectivity index (χ3v) is 2.56. The molecule has 0 spiro atoms. The molecule has 2 rings (SSSR count). The van der Waals surface area contributed by atoms with Gasteiger partial charge in [0.05, 0.1) is 29.7 Å². The van der Waals surface area contributed by atoms with Crippen molar-refractivity contribution in [3.05, 3.63) is 22.2 Å². The smallest absolute Gasteiger partial charge is 0.276 e. The van der Waals surface area contributed by atoms with Crippen molar-refractivity contribution in [2.45, 2.75) is 12.5 Å². The monoisotopic (exact) mass is 238 g/mol. The van der Waals surface area contributed by atoms with Crippen LogP contribution in [0.2, 0.25) is 0 Å². The highest BCUT2D eigenvalue weighted by Gasteiger charge is 2.17. The number of pyridine rings is 1. The Labute approximate surface area is 98.3 Å². The SMILES string of the molecule is CNc1cc([N+](=O)[O-])cc(NC2CCOC2)n1. The molecule has 1 saturated heterocycles. The van der Waals surface area contributed by atoms with Gasteiger partial charge in [-0.15, -0.1) is 0 Å². The lowest BCUT2D eigenvalue weighted by molar-refractivity contribution is -0.384. The van der Waals surface area contributed by atoms with E-state index in [0.717, 1.165) is 6.42 Å². The van der Waals surface area contributed by atoms with Crippen LogP contribution in [0, 0.1) is 10.1 Å². The van der Waals surface area contributed by atoms with E-state index in [4.69, 9.17) is 4.74 Å². The standard InChI is InChI=1S/C10H14N4O3/c1-11-9-4-8(14(15)16)5-10(13-9)12-7-2-3-17-6-7/h4-5,7H,2-3,6H2,1H3,(H2,11,12,13). The second kappa shape index (κ2) is 4.96. The maximum atomic E-state index is 10.8. The Hall–Kier alpha value is -1.89. The molecular weight excluding hydrogens is 224 g/mol. The zero-order valence-corrected chi connectivity index (χ0v) is 9.47. The van der Waals surface area contributed by atoms with E-state index in [9.17, 15) is 10.1 Å². The van der Waals surface area contributed by atoms with Crippen LogP contribution in [-0.4, -0.2) is 36.2 Å². The van der Waals surface area contributed by atoms with Gasteiger partial charge < -0.3 is 15.4 Å². The van der Waals surface area contributed by atoms with Crippen molar-refractivity contribution in [1.82, 2.24) is 4.98 Å². The van der Waals surface area contributed by atoms with Crippen LogP contribution in [0.1, 0.15) is 6.42 Å². The number of nitrogens with zero attached hydrogens (tertiary/aromatic N) is 2. The van der Waals surface area contributed by atoms with Gasteiger partial charge in [-0.25, -0.2) is 4.98 Å². The van der Waals surface area contributed by atoms with Crippen molar-refractivity contribution in [2.24, 2.45) is 0 Å². The summed E-state index contributed by atoms with van der Waals surface area (Å²) in [5.41, 5.74) is 0.0192. The maximum Gasteiger partial charge on any atom is 0.276 e. The Morgan fingerprint density at radius 3 is 2.88 bits per heavy atom. The quantitative estimate of drug-likeness (QED) is 0.605. The molecule has 1 atom stereocenters. The summed E-state index contributed by atoms with van der Waals surface area (Å²) >= 11 is 0. The normalized spacial score (nSPS) is 19.0. The number of hydrogen-bond acceptors (Lipinski definition) is 6.